The Morgan fingerprint density at radius 3 is 2.70 bits per heavy atom. The van der Waals surface area contributed by atoms with Crippen LogP contribution in [-0.2, 0) is 0 Å². The summed E-state index contributed by atoms with van der Waals surface area (Å²) in [7, 11) is 0. The van der Waals surface area contributed by atoms with Crippen molar-refractivity contribution < 1.29 is 5.11 Å². The molecule has 2 saturated carbocycles. The summed E-state index contributed by atoms with van der Waals surface area (Å²) in [6.07, 6.45) is 5.41. The van der Waals surface area contributed by atoms with Gasteiger partial charge in [-0.05, 0) is 36.5 Å². The number of hydrogen-bond donors (Lipinski definition) is 1. The molecule has 1 nitrogen and oxygen atoms in total. The monoisotopic (exact) mass is 140 g/mol. The van der Waals surface area contributed by atoms with Crippen LogP contribution in [0.15, 0.2) is 0 Å². The zero-order chi connectivity index (χ0) is 7.19. The Labute approximate surface area is 62.4 Å². The Kier molecular flexibility index (Phi) is 1.31. The molecule has 0 aromatic heterocycles. The van der Waals surface area contributed by atoms with Crippen molar-refractivity contribution in [2.75, 3.05) is 6.61 Å². The number of aliphatic hydroxyl groups is 1. The van der Waals surface area contributed by atoms with Gasteiger partial charge in [0.2, 0.25) is 0 Å². The maximum atomic E-state index is 9.06. The highest BCUT2D eigenvalue weighted by Gasteiger charge is 2.57. The third kappa shape index (κ3) is 0.672. The Balaban J connectivity index is 2.08. The molecule has 0 saturated heterocycles. The van der Waals surface area contributed by atoms with E-state index in [2.05, 4.69) is 6.92 Å². The quantitative estimate of drug-likeness (QED) is 0.589. The lowest BCUT2D eigenvalue weighted by Gasteiger charge is -2.15. The van der Waals surface area contributed by atoms with E-state index in [1.54, 1.807) is 0 Å². The summed E-state index contributed by atoms with van der Waals surface area (Å²) in [5.41, 5.74) is 0.620. The van der Waals surface area contributed by atoms with Crippen LogP contribution in [0.2, 0.25) is 0 Å². The third-order valence-corrected chi connectivity index (χ3v) is 3.74. The zero-order valence-corrected chi connectivity index (χ0v) is 6.64. The van der Waals surface area contributed by atoms with Crippen molar-refractivity contribution in [2.45, 2.75) is 32.6 Å². The minimum absolute atomic E-state index is 0.435. The fourth-order valence-electron chi connectivity index (χ4n) is 2.87. The average Bonchev–Trinajstić information content (AvgIpc) is 2.45. The molecule has 2 aliphatic rings. The lowest BCUT2D eigenvalue weighted by atomic mass is 9.91. The average molecular weight is 140 g/mol. The predicted molar refractivity (Wildman–Crippen MR) is 40.6 cm³/mol. The molecular weight excluding hydrogens is 124 g/mol. The Morgan fingerprint density at radius 1 is 1.60 bits per heavy atom. The second kappa shape index (κ2) is 1.97. The second-order valence-corrected chi connectivity index (χ2v) is 4.11. The molecule has 0 bridgehead atoms. The molecule has 1 N–H and O–H groups in total. The molecule has 2 rings (SSSR count). The van der Waals surface area contributed by atoms with Gasteiger partial charge in [-0.25, -0.2) is 0 Å². The Hall–Kier alpha value is -0.0400. The minimum Gasteiger partial charge on any atom is -0.396 e. The van der Waals surface area contributed by atoms with Crippen molar-refractivity contribution in [2.24, 2.45) is 17.3 Å². The van der Waals surface area contributed by atoms with Crippen molar-refractivity contribution in [1.82, 2.24) is 0 Å². The van der Waals surface area contributed by atoms with Gasteiger partial charge in [-0.3, -0.25) is 0 Å². The van der Waals surface area contributed by atoms with E-state index < -0.39 is 0 Å². The smallest absolute Gasteiger partial charge is 0.0464 e. The Bertz CT molecular complexity index is 144. The molecule has 0 amide bonds. The van der Waals surface area contributed by atoms with Crippen molar-refractivity contribution in [3.8, 4) is 0 Å². The maximum Gasteiger partial charge on any atom is 0.0464 e. The second-order valence-electron chi connectivity index (χ2n) is 4.11. The van der Waals surface area contributed by atoms with Gasteiger partial charge in [0.05, 0.1) is 0 Å². The predicted octanol–water partition coefficient (Wildman–Crippen LogP) is 1.81. The van der Waals surface area contributed by atoms with Gasteiger partial charge < -0.3 is 5.11 Å². The first-order valence-electron chi connectivity index (χ1n) is 4.40. The normalized spacial score (nSPS) is 52.2. The summed E-state index contributed by atoms with van der Waals surface area (Å²) >= 11 is 0. The van der Waals surface area contributed by atoms with Gasteiger partial charge in [-0.2, -0.15) is 0 Å². The van der Waals surface area contributed by atoms with Crippen LogP contribution in [0.3, 0.4) is 0 Å². The molecule has 3 unspecified atom stereocenters. The molecule has 0 radical (unpaired) electrons. The lowest BCUT2D eigenvalue weighted by Crippen LogP contribution is -2.14. The van der Waals surface area contributed by atoms with E-state index in [1.807, 2.05) is 0 Å². The summed E-state index contributed by atoms with van der Waals surface area (Å²) in [5.74, 6) is 1.56. The van der Waals surface area contributed by atoms with E-state index in [-0.39, 0.29) is 0 Å². The number of rotatable bonds is 1. The van der Waals surface area contributed by atoms with Crippen LogP contribution in [0.5, 0.6) is 0 Å². The van der Waals surface area contributed by atoms with Crippen LogP contribution < -0.4 is 0 Å². The molecular formula is C9H16O. The molecule has 0 aromatic rings. The summed E-state index contributed by atoms with van der Waals surface area (Å²) in [6, 6.07) is 0. The van der Waals surface area contributed by atoms with Crippen LogP contribution in [0, 0.1) is 17.3 Å². The third-order valence-electron chi connectivity index (χ3n) is 3.74. The van der Waals surface area contributed by atoms with Crippen LogP contribution in [-0.4, -0.2) is 11.7 Å². The van der Waals surface area contributed by atoms with Gasteiger partial charge in [0.15, 0.2) is 0 Å². The van der Waals surface area contributed by atoms with Crippen LogP contribution in [0.25, 0.3) is 0 Å². The van der Waals surface area contributed by atoms with Crippen molar-refractivity contribution >= 4 is 0 Å². The molecule has 0 aliphatic heterocycles. The van der Waals surface area contributed by atoms with Crippen molar-refractivity contribution in [3.05, 3.63) is 0 Å². The molecule has 0 heterocycles. The van der Waals surface area contributed by atoms with E-state index in [4.69, 9.17) is 5.11 Å². The van der Waals surface area contributed by atoms with Crippen molar-refractivity contribution in [3.63, 3.8) is 0 Å². The largest absolute Gasteiger partial charge is 0.396 e. The first-order chi connectivity index (χ1) is 4.79. The van der Waals surface area contributed by atoms with E-state index in [0.29, 0.717) is 17.9 Å². The highest BCUT2D eigenvalue weighted by atomic mass is 16.3. The molecule has 0 aromatic carbocycles. The first-order valence-corrected chi connectivity index (χ1v) is 4.40. The summed E-state index contributed by atoms with van der Waals surface area (Å²) in [5, 5.41) is 9.06. The van der Waals surface area contributed by atoms with Gasteiger partial charge >= 0.3 is 0 Å². The van der Waals surface area contributed by atoms with Gasteiger partial charge in [-0.1, -0.05) is 13.3 Å². The molecule has 1 heteroatoms. The van der Waals surface area contributed by atoms with E-state index in [0.717, 1.165) is 5.92 Å². The molecule has 10 heavy (non-hydrogen) atoms. The van der Waals surface area contributed by atoms with Crippen LogP contribution in [0.1, 0.15) is 32.6 Å². The van der Waals surface area contributed by atoms with E-state index in [1.165, 1.54) is 25.7 Å². The van der Waals surface area contributed by atoms with E-state index in [9.17, 15) is 0 Å². The molecule has 2 fully saturated rings. The fourth-order valence-corrected chi connectivity index (χ4v) is 2.87. The number of hydrogen-bond acceptors (Lipinski definition) is 1. The fraction of sp³-hybridized carbons (Fsp3) is 1.00. The lowest BCUT2D eigenvalue weighted by molar-refractivity contribution is 0.177. The number of aliphatic hydroxyl groups excluding tert-OH is 1. The van der Waals surface area contributed by atoms with Gasteiger partial charge in [0, 0.05) is 6.61 Å². The topological polar surface area (TPSA) is 20.2 Å². The van der Waals surface area contributed by atoms with Crippen LogP contribution >= 0.6 is 0 Å². The summed E-state index contributed by atoms with van der Waals surface area (Å²) in [6.45, 7) is 2.76. The van der Waals surface area contributed by atoms with Gasteiger partial charge in [0.1, 0.15) is 0 Å². The SMILES string of the molecule is CC1CC12CCCC2CO. The van der Waals surface area contributed by atoms with Crippen LogP contribution in [0.4, 0.5) is 0 Å². The van der Waals surface area contributed by atoms with Gasteiger partial charge in [0.25, 0.3) is 0 Å². The zero-order valence-electron chi connectivity index (χ0n) is 6.64. The molecule has 58 valence electrons. The molecule has 3 atom stereocenters. The molecule has 1 spiro atoms. The molecule has 2 aliphatic carbocycles. The standard InChI is InChI=1S/C9H16O/c1-7-5-9(7)4-2-3-8(9)6-10/h7-8,10H,2-6H2,1H3. The van der Waals surface area contributed by atoms with E-state index >= 15 is 0 Å². The summed E-state index contributed by atoms with van der Waals surface area (Å²) < 4.78 is 0. The minimum atomic E-state index is 0.435. The highest BCUT2D eigenvalue weighted by Crippen LogP contribution is 2.65. The Morgan fingerprint density at radius 2 is 2.30 bits per heavy atom. The first kappa shape index (κ1) is 6.66. The van der Waals surface area contributed by atoms with Crippen molar-refractivity contribution in [1.29, 1.82) is 0 Å². The summed E-state index contributed by atoms with van der Waals surface area (Å²) in [4.78, 5) is 0. The maximum absolute atomic E-state index is 9.06. The highest BCUT2D eigenvalue weighted by molar-refractivity contribution is 5.06. The van der Waals surface area contributed by atoms with Gasteiger partial charge in [-0.15, -0.1) is 0 Å².